The topological polar surface area (TPSA) is 75.7 Å². The van der Waals surface area contributed by atoms with Crippen LogP contribution in [0.3, 0.4) is 0 Å². The summed E-state index contributed by atoms with van der Waals surface area (Å²) >= 11 is 0. The van der Waals surface area contributed by atoms with Crippen LogP contribution in [0.2, 0.25) is 0 Å². The third-order valence-electron chi connectivity index (χ3n) is 3.82. The van der Waals surface area contributed by atoms with Gasteiger partial charge in [0.2, 0.25) is 15.9 Å². The molecule has 0 saturated carbocycles. The van der Waals surface area contributed by atoms with Crippen molar-refractivity contribution in [1.29, 1.82) is 0 Å². The summed E-state index contributed by atoms with van der Waals surface area (Å²) in [5, 5.41) is 2.73. The summed E-state index contributed by atoms with van der Waals surface area (Å²) in [7, 11) is -3.77. The Kier molecular flexibility index (Phi) is 6.79. The number of nitrogens with zero attached hydrogens (tertiary/aromatic N) is 1. The number of rotatable bonds is 8. The Hall–Kier alpha value is -2.61. The van der Waals surface area contributed by atoms with Gasteiger partial charge in [0.25, 0.3) is 0 Å². The van der Waals surface area contributed by atoms with Gasteiger partial charge in [0.15, 0.2) is 0 Å². The minimum Gasteiger partial charge on any atom is -0.494 e. The number of halogens is 1. The van der Waals surface area contributed by atoms with Gasteiger partial charge in [0, 0.05) is 11.8 Å². The highest BCUT2D eigenvalue weighted by molar-refractivity contribution is 7.92. The normalized spacial score (nSPS) is 12.3. The molecule has 0 unspecified atom stereocenters. The molecule has 0 aliphatic rings. The molecule has 8 heteroatoms. The molecule has 1 atom stereocenters. The van der Waals surface area contributed by atoms with Crippen LogP contribution in [0.25, 0.3) is 0 Å². The smallest absolute Gasteiger partial charge is 0.248 e. The van der Waals surface area contributed by atoms with E-state index < -0.39 is 27.8 Å². The largest absolute Gasteiger partial charge is 0.494 e. The molecule has 1 N–H and O–H groups in total. The SMILES string of the molecule is CCOc1cccc(NC(=O)[C@@H](CC)N(c2ccc(F)cc2)S(C)(=O)=O)c1. The zero-order chi connectivity index (χ0) is 20.0. The molecule has 0 fully saturated rings. The molecule has 0 aliphatic carbocycles. The van der Waals surface area contributed by atoms with Gasteiger partial charge in [0.05, 0.1) is 18.6 Å². The predicted octanol–water partition coefficient (Wildman–Crippen LogP) is 3.41. The van der Waals surface area contributed by atoms with Crippen molar-refractivity contribution in [2.45, 2.75) is 26.3 Å². The van der Waals surface area contributed by atoms with Crippen LogP contribution in [0, 0.1) is 5.82 Å². The van der Waals surface area contributed by atoms with E-state index in [9.17, 15) is 17.6 Å². The maximum atomic E-state index is 13.2. The fraction of sp³-hybridized carbons (Fsp3) is 0.316. The van der Waals surface area contributed by atoms with Crippen molar-refractivity contribution in [1.82, 2.24) is 0 Å². The summed E-state index contributed by atoms with van der Waals surface area (Å²) in [5.74, 6) is -0.375. The molecule has 0 aromatic heterocycles. The molecule has 0 saturated heterocycles. The summed E-state index contributed by atoms with van der Waals surface area (Å²) in [6, 6.07) is 10.8. The van der Waals surface area contributed by atoms with Gasteiger partial charge in [-0.2, -0.15) is 0 Å². The minimum absolute atomic E-state index is 0.226. The van der Waals surface area contributed by atoms with Gasteiger partial charge >= 0.3 is 0 Å². The van der Waals surface area contributed by atoms with E-state index in [0.717, 1.165) is 22.7 Å². The van der Waals surface area contributed by atoms with Crippen LogP contribution >= 0.6 is 0 Å². The number of hydrogen-bond donors (Lipinski definition) is 1. The maximum absolute atomic E-state index is 13.2. The average molecular weight is 394 g/mol. The Bertz CT molecular complexity index is 885. The predicted molar refractivity (Wildman–Crippen MR) is 104 cm³/mol. The van der Waals surface area contributed by atoms with Crippen LogP contribution in [0.15, 0.2) is 48.5 Å². The highest BCUT2D eigenvalue weighted by Gasteiger charge is 2.31. The fourth-order valence-corrected chi connectivity index (χ4v) is 3.92. The van der Waals surface area contributed by atoms with Crippen molar-refractivity contribution >= 4 is 27.3 Å². The van der Waals surface area contributed by atoms with Gasteiger partial charge in [-0.05, 0) is 49.7 Å². The molecule has 27 heavy (non-hydrogen) atoms. The second-order valence-corrected chi connectivity index (χ2v) is 7.77. The van der Waals surface area contributed by atoms with Crippen molar-refractivity contribution in [2.75, 3.05) is 22.5 Å². The van der Waals surface area contributed by atoms with Crippen molar-refractivity contribution < 1.29 is 22.3 Å². The zero-order valence-corrected chi connectivity index (χ0v) is 16.3. The molecule has 0 aliphatic heterocycles. The van der Waals surface area contributed by atoms with Gasteiger partial charge in [-0.25, -0.2) is 12.8 Å². The third kappa shape index (κ3) is 5.43. The number of carbonyl (C=O) groups is 1. The molecule has 0 radical (unpaired) electrons. The highest BCUT2D eigenvalue weighted by Crippen LogP contribution is 2.24. The Morgan fingerprint density at radius 1 is 1.19 bits per heavy atom. The lowest BCUT2D eigenvalue weighted by molar-refractivity contribution is -0.117. The third-order valence-corrected chi connectivity index (χ3v) is 5.00. The number of carbonyl (C=O) groups excluding carboxylic acids is 1. The summed E-state index contributed by atoms with van der Waals surface area (Å²) in [5.41, 5.74) is 0.723. The molecule has 2 aromatic rings. The van der Waals surface area contributed by atoms with Crippen molar-refractivity contribution in [3.8, 4) is 5.75 Å². The first-order valence-corrected chi connectivity index (χ1v) is 10.4. The van der Waals surface area contributed by atoms with Crippen LogP contribution in [-0.4, -0.2) is 33.2 Å². The van der Waals surface area contributed by atoms with E-state index in [1.165, 1.54) is 12.1 Å². The molecular weight excluding hydrogens is 371 g/mol. The second-order valence-electron chi connectivity index (χ2n) is 5.91. The lowest BCUT2D eigenvalue weighted by Crippen LogP contribution is -2.47. The number of sulfonamides is 1. The molecule has 2 aromatic carbocycles. The van der Waals surface area contributed by atoms with Gasteiger partial charge in [-0.3, -0.25) is 9.10 Å². The molecule has 6 nitrogen and oxygen atoms in total. The van der Waals surface area contributed by atoms with Gasteiger partial charge < -0.3 is 10.1 Å². The number of anilines is 2. The van der Waals surface area contributed by atoms with Crippen LogP contribution in [0.1, 0.15) is 20.3 Å². The average Bonchev–Trinajstić information content (AvgIpc) is 2.60. The first kappa shape index (κ1) is 20.7. The van der Waals surface area contributed by atoms with Crippen LogP contribution in [0.5, 0.6) is 5.75 Å². The van der Waals surface area contributed by atoms with E-state index >= 15 is 0 Å². The molecule has 2 rings (SSSR count). The van der Waals surface area contributed by atoms with E-state index in [4.69, 9.17) is 4.74 Å². The Balaban J connectivity index is 2.32. The number of benzene rings is 2. The quantitative estimate of drug-likeness (QED) is 0.745. The summed E-state index contributed by atoms with van der Waals surface area (Å²) in [6.45, 7) is 4.05. The van der Waals surface area contributed by atoms with E-state index in [1.54, 1.807) is 31.2 Å². The first-order valence-electron chi connectivity index (χ1n) is 8.55. The van der Waals surface area contributed by atoms with Gasteiger partial charge in [0.1, 0.15) is 17.6 Å². The monoisotopic (exact) mass is 394 g/mol. The molecular formula is C19H23FN2O4S. The molecule has 0 spiro atoms. The van der Waals surface area contributed by atoms with Crippen LogP contribution in [0.4, 0.5) is 15.8 Å². The lowest BCUT2D eigenvalue weighted by Gasteiger charge is -2.30. The van der Waals surface area contributed by atoms with Gasteiger partial charge in [-0.1, -0.05) is 13.0 Å². The number of hydrogen-bond acceptors (Lipinski definition) is 4. The molecule has 0 bridgehead atoms. The molecule has 1 amide bonds. The fourth-order valence-electron chi connectivity index (χ4n) is 2.70. The first-order chi connectivity index (χ1) is 12.8. The zero-order valence-electron chi connectivity index (χ0n) is 15.5. The number of nitrogens with one attached hydrogen (secondary N) is 1. The maximum Gasteiger partial charge on any atom is 0.248 e. The minimum atomic E-state index is -3.77. The number of ether oxygens (including phenoxy) is 1. The lowest BCUT2D eigenvalue weighted by atomic mass is 10.1. The summed E-state index contributed by atoms with van der Waals surface area (Å²) < 4.78 is 44.3. The van der Waals surface area contributed by atoms with Crippen molar-refractivity contribution in [3.63, 3.8) is 0 Å². The highest BCUT2D eigenvalue weighted by atomic mass is 32.2. The molecule has 0 heterocycles. The van der Waals surface area contributed by atoms with E-state index in [2.05, 4.69) is 5.32 Å². The van der Waals surface area contributed by atoms with Crippen molar-refractivity contribution in [3.05, 3.63) is 54.3 Å². The van der Waals surface area contributed by atoms with Crippen molar-refractivity contribution in [2.24, 2.45) is 0 Å². The van der Waals surface area contributed by atoms with E-state index in [-0.39, 0.29) is 12.1 Å². The van der Waals surface area contributed by atoms with Gasteiger partial charge in [-0.15, -0.1) is 0 Å². The van der Waals surface area contributed by atoms with E-state index in [0.29, 0.717) is 18.0 Å². The Morgan fingerprint density at radius 2 is 1.85 bits per heavy atom. The second kappa shape index (κ2) is 8.85. The summed E-state index contributed by atoms with van der Waals surface area (Å²) in [6.07, 6.45) is 1.25. The standard InChI is InChI=1S/C19H23FN2O4S/c1-4-18(19(23)21-15-7-6-8-17(13-15)26-5-2)22(27(3,24)25)16-11-9-14(20)10-12-16/h6-13,18H,4-5H2,1-3H3,(H,21,23)/t18-/m1/s1. The Labute approximate surface area is 159 Å². The molecule has 146 valence electrons. The number of amides is 1. The summed E-state index contributed by atoms with van der Waals surface area (Å²) in [4.78, 5) is 12.8. The van der Waals surface area contributed by atoms with Crippen LogP contribution in [-0.2, 0) is 14.8 Å². The van der Waals surface area contributed by atoms with E-state index in [1.807, 2.05) is 6.92 Å². The van der Waals surface area contributed by atoms with Crippen LogP contribution < -0.4 is 14.4 Å². The Morgan fingerprint density at radius 3 is 2.41 bits per heavy atom.